The number of hydrogen-bond donors (Lipinski definition) is 0. The van der Waals surface area contributed by atoms with Crippen molar-refractivity contribution in [2.24, 2.45) is 0 Å². The van der Waals surface area contributed by atoms with Gasteiger partial charge in [-0.05, 0) is 65.8 Å². The van der Waals surface area contributed by atoms with Crippen LogP contribution in [0, 0.1) is 3.57 Å². The molecule has 1 aromatic heterocycles. The number of halogens is 2. The van der Waals surface area contributed by atoms with Crippen LogP contribution in [0.2, 0.25) is 0 Å². The lowest BCUT2D eigenvalue weighted by Crippen LogP contribution is -2.39. The normalized spacial score (nSPS) is 16.2. The number of hydrogen-bond acceptors (Lipinski definition) is 1. The van der Waals surface area contributed by atoms with Gasteiger partial charge in [-0.3, -0.25) is 4.79 Å². The van der Waals surface area contributed by atoms with Gasteiger partial charge in [0.05, 0.1) is 5.56 Å². The molecule has 0 atom stereocenters. The maximum absolute atomic E-state index is 12.7. The minimum absolute atomic E-state index is 0.145. The molecule has 0 unspecified atom stereocenters. The smallest absolute Gasteiger partial charge is 0.254 e. The van der Waals surface area contributed by atoms with Crippen molar-refractivity contribution in [1.82, 2.24) is 9.47 Å². The molecule has 0 aliphatic carbocycles. The largest absolute Gasteiger partial charge is 0.351 e. The van der Waals surface area contributed by atoms with Crippen molar-refractivity contribution in [1.29, 1.82) is 0 Å². The van der Waals surface area contributed by atoms with E-state index >= 15 is 0 Å². The monoisotopic (exact) mass is 458 g/mol. The van der Waals surface area contributed by atoms with Crippen LogP contribution in [0.3, 0.4) is 0 Å². The van der Waals surface area contributed by atoms with Crippen molar-refractivity contribution in [2.75, 3.05) is 13.1 Å². The van der Waals surface area contributed by atoms with Gasteiger partial charge in [0.2, 0.25) is 0 Å². The number of rotatable bonds is 2. The number of amides is 1. The van der Waals surface area contributed by atoms with Crippen molar-refractivity contribution in [3.8, 4) is 0 Å². The molecular formula is C16H16BrIN2O. The van der Waals surface area contributed by atoms with E-state index in [4.69, 9.17) is 0 Å². The second-order valence-corrected chi connectivity index (χ2v) is 7.36. The Morgan fingerprint density at radius 3 is 2.52 bits per heavy atom. The Labute approximate surface area is 146 Å². The molecule has 0 bridgehead atoms. The van der Waals surface area contributed by atoms with Gasteiger partial charge < -0.3 is 9.47 Å². The molecule has 0 radical (unpaired) electrons. The van der Waals surface area contributed by atoms with Gasteiger partial charge in [0.15, 0.2) is 0 Å². The van der Waals surface area contributed by atoms with Gasteiger partial charge in [0.25, 0.3) is 5.91 Å². The molecule has 0 N–H and O–H groups in total. The molecule has 21 heavy (non-hydrogen) atoms. The predicted molar refractivity (Wildman–Crippen MR) is 95.5 cm³/mol. The summed E-state index contributed by atoms with van der Waals surface area (Å²) >= 11 is 5.68. The summed E-state index contributed by atoms with van der Waals surface area (Å²) in [4.78, 5) is 14.6. The molecule has 0 spiro atoms. The maximum atomic E-state index is 12.7. The number of carbonyl (C=O) groups excluding carboxylic acids is 1. The summed E-state index contributed by atoms with van der Waals surface area (Å²) in [5, 5.41) is 0. The lowest BCUT2D eigenvalue weighted by atomic mass is 10.0. The fourth-order valence-electron chi connectivity index (χ4n) is 2.79. The van der Waals surface area contributed by atoms with Gasteiger partial charge in [0, 0.05) is 39.6 Å². The van der Waals surface area contributed by atoms with Gasteiger partial charge in [0.1, 0.15) is 0 Å². The van der Waals surface area contributed by atoms with Crippen LogP contribution in [0.1, 0.15) is 29.2 Å². The molecule has 110 valence electrons. The molecule has 0 saturated carbocycles. The Morgan fingerprint density at radius 1 is 1.19 bits per heavy atom. The summed E-state index contributed by atoms with van der Waals surface area (Å²) < 4.78 is 4.21. The summed E-state index contributed by atoms with van der Waals surface area (Å²) in [6.45, 7) is 1.65. The highest BCUT2D eigenvalue weighted by Crippen LogP contribution is 2.25. The van der Waals surface area contributed by atoms with E-state index < -0.39 is 0 Å². The molecule has 3 nitrogen and oxygen atoms in total. The van der Waals surface area contributed by atoms with Crippen molar-refractivity contribution in [3.63, 3.8) is 0 Å². The van der Waals surface area contributed by atoms with Gasteiger partial charge in [-0.1, -0.05) is 15.9 Å². The summed E-state index contributed by atoms with van der Waals surface area (Å²) in [5.74, 6) is 0.145. The van der Waals surface area contributed by atoms with Crippen LogP contribution < -0.4 is 0 Å². The number of aromatic nitrogens is 1. The first kappa shape index (κ1) is 15.1. The predicted octanol–water partition coefficient (Wildman–Crippen LogP) is 4.33. The van der Waals surface area contributed by atoms with Gasteiger partial charge in [-0.2, -0.15) is 0 Å². The zero-order valence-electron chi connectivity index (χ0n) is 11.5. The third kappa shape index (κ3) is 3.34. The Kier molecular flexibility index (Phi) is 4.69. The molecule has 1 saturated heterocycles. The molecule has 3 rings (SSSR count). The summed E-state index contributed by atoms with van der Waals surface area (Å²) in [6, 6.07) is 10.5. The van der Waals surface area contributed by atoms with E-state index in [-0.39, 0.29) is 5.91 Å². The quantitative estimate of drug-likeness (QED) is 0.615. The topological polar surface area (TPSA) is 25.2 Å². The van der Waals surface area contributed by atoms with E-state index in [9.17, 15) is 4.79 Å². The van der Waals surface area contributed by atoms with Crippen molar-refractivity contribution >= 4 is 44.4 Å². The van der Waals surface area contributed by atoms with E-state index in [1.807, 2.05) is 23.1 Å². The van der Waals surface area contributed by atoms with Crippen molar-refractivity contribution in [2.45, 2.75) is 18.9 Å². The number of carbonyl (C=O) groups is 1. The van der Waals surface area contributed by atoms with E-state index in [1.54, 1.807) is 0 Å². The number of piperidine rings is 1. The average molecular weight is 459 g/mol. The second-order valence-electron chi connectivity index (χ2n) is 5.28. The Hall–Kier alpha value is -0.820. The first-order valence-corrected chi connectivity index (χ1v) is 8.89. The van der Waals surface area contributed by atoms with Gasteiger partial charge in [-0.25, -0.2) is 0 Å². The highest BCUT2D eigenvalue weighted by Gasteiger charge is 2.25. The van der Waals surface area contributed by atoms with Crippen LogP contribution in [0.15, 0.2) is 47.2 Å². The standard InChI is InChI=1S/C16H16BrIN2O/c17-12-3-4-15(18)14(11-12)16(21)20-9-5-13(6-10-20)19-7-1-2-8-19/h1-4,7-8,11,13H,5-6,9-10H2. The third-order valence-corrected chi connectivity index (χ3v) is 5.39. The fourth-order valence-corrected chi connectivity index (χ4v) is 3.72. The first-order valence-electron chi connectivity index (χ1n) is 7.02. The maximum Gasteiger partial charge on any atom is 0.254 e. The van der Waals surface area contributed by atoms with Crippen molar-refractivity contribution < 1.29 is 4.79 Å². The molecule has 5 heteroatoms. The molecule has 1 aliphatic rings. The van der Waals surface area contributed by atoms with Crippen LogP contribution in [0.4, 0.5) is 0 Å². The van der Waals surface area contributed by atoms with Crippen LogP contribution in [0.5, 0.6) is 0 Å². The minimum Gasteiger partial charge on any atom is -0.351 e. The first-order chi connectivity index (χ1) is 10.1. The van der Waals surface area contributed by atoms with E-state index in [0.29, 0.717) is 6.04 Å². The summed E-state index contributed by atoms with van der Waals surface area (Å²) in [5.41, 5.74) is 0.796. The molecule has 1 aromatic carbocycles. The lowest BCUT2D eigenvalue weighted by molar-refractivity contribution is 0.0693. The fraction of sp³-hybridized carbons (Fsp3) is 0.312. The molecule has 1 amide bonds. The minimum atomic E-state index is 0.145. The summed E-state index contributed by atoms with van der Waals surface area (Å²) in [7, 11) is 0. The number of nitrogens with zero attached hydrogens (tertiary/aromatic N) is 2. The Morgan fingerprint density at radius 2 is 1.86 bits per heavy atom. The SMILES string of the molecule is O=C(c1cc(Br)ccc1I)N1CCC(n2cccc2)CC1. The van der Waals surface area contributed by atoms with E-state index in [1.165, 1.54) is 0 Å². The van der Waals surface area contributed by atoms with Gasteiger partial charge >= 0.3 is 0 Å². The Balaban J connectivity index is 1.69. The lowest BCUT2D eigenvalue weighted by Gasteiger charge is -2.33. The highest BCUT2D eigenvalue weighted by molar-refractivity contribution is 14.1. The van der Waals surface area contributed by atoms with Gasteiger partial charge in [-0.15, -0.1) is 0 Å². The van der Waals surface area contributed by atoms with Crippen LogP contribution in [0.25, 0.3) is 0 Å². The van der Waals surface area contributed by atoms with E-state index in [0.717, 1.165) is 39.5 Å². The molecule has 1 fully saturated rings. The highest BCUT2D eigenvalue weighted by atomic mass is 127. The van der Waals surface area contributed by atoms with Crippen LogP contribution in [-0.2, 0) is 0 Å². The zero-order valence-corrected chi connectivity index (χ0v) is 15.2. The number of benzene rings is 1. The number of likely N-dealkylation sites (tertiary alicyclic amines) is 1. The Bertz CT molecular complexity index is 634. The zero-order chi connectivity index (χ0) is 14.8. The second kappa shape index (κ2) is 6.52. The van der Waals surface area contributed by atoms with Crippen LogP contribution in [-0.4, -0.2) is 28.5 Å². The summed E-state index contributed by atoms with van der Waals surface area (Å²) in [6.07, 6.45) is 6.26. The molecule has 1 aliphatic heterocycles. The average Bonchev–Trinajstić information content (AvgIpc) is 3.03. The van der Waals surface area contributed by atoms with Crippen molar-refractivity contribution in [3.05, 3.63) is 56.3 Å². The molecule has 2 aromatic rings. The van der Waals surface area contributed by atoms with Crippen LogP contribution >= 0.6 is 38.5 Å². The van der Waals surface area contributed by atoms with E-state index in [2.05, 4.69) is 67.6 Å². The molecular weight excluding hydrogens is 443 g/mol. The third-order valence-electron chi connectivity index (χ3n) is 3.96. The molecule has 2 heterocycles.